The number of nitrogens with one attached hydrogen (secondary N) is 2. The number of hydrogen-bond donors (Lipinski definition) is 2. The number of aromatic amines is 1. The van der Waals surface area contributed by atoms with E-state index in [1.54, 1.807) is 11.3 Å². The zero-order chi connectivity index (χ0) is 12.5. The van der Waals surface area contributed by atoms with Crippen LogP contribution in [0.15, 0.2) is 29.6 Å². The van der Waals surface area contributed by atoms with Crippen molar-refractivity contribution in [3.05, 3.63) is 40.3 Å². The molecule has 0 atom stereocenters. The molecule has 18 heavy (non-hydrogen) atoms. The summed E-state index contributed by atoms with van der Waals surface area (Å²) in [7, 11) is 1.94. The summed E-state index contributed by atoms with van der Waals surface area (Å²) in [5.74, 6) is 0. The van der Waals surface area contributed by atoms with Gasteiger partial charge in [0.05, 0.1) is 5.69 Å². The molecular weight excluding hydrogens is 242 g/mol. The Bertz CT molecular complexity index is 681. The molecule has 0 bridgehead atoms. The Hall–Kier alpha value is -1.65. The number of aromatic nitrogens is 2. The van der Waals surface area contributed by atoms with Gasteiger partial charge in [0.15, 0.2) is 0 Å². The van der Waals surface area contributed by atoms with Crippen molar-refractivity contribution in [3.63, 3.8) is 0 Å². The summed E-state index contributed by atoms with van der Waals surface area (Å²) in [6.07, 6.45) is 0. The molecule has 0 saturated heterocycles. The largest absolute Gasteiger partial charge is 0.358 e. The predicted molar refractivity (Wildman–Crippen MR) is 76.9 cm³/mol. The second-order valence-corrected chi connectivity index (χ2v) is 5.27. The fourth-order valence-corrected chi connectivity index (χ4v) is 3.06. The van der Waals surface area contributed by atoms with Crippen LogP contribution in [-0.4, -0.2) is 17.0 Å². The second kappa shape index (κ2) is 4.55. The Labute approximate surface area is 110 Å². The van der Waals surface area contributed by atoms with Crippen LogP contribution in [0.1, 0.15) is 10.7 Å². The van der Waals surface area contributed by atoms with Gasteiger partial charge < -0.3 is 10.3 Å². The molecule has 3 nitrogen and oxygen atoms in total. The van der Waals surface area contributed by atoms with Gasteiger partial charge in [0, 0.05) is 34.1 Å². The first-order valence-electron chi connectivity index (χ1n) is 5.96. The Morgan fingerprint density at radius 2 is 2.17 bits per heavy atom. The number of benzene rings is 1. The molecule has 0 aliphatic carbocycles. The van der Waals surface area contributed by atoms with Crippen molar-refractivity contribution in [1.29, 1.82) is 0 Å². The lowest BCUT2D eigenvalue weighted by molar-refractivity contribution is 0.811. The maximum atomic E-state index is 4.69. The Morgan fingerprint density at radius 3 is 3.00 bits per heavy atom. The molecule has 3 aromatic rings. The molecule has 0 unspecified atom stereocenters. The molecule has 3 rings (SSSR count). The normalized spacial score (nSPS) is 11.2. The number of rotatable bonds is 3. The van der Waals surface area contributed by atoms with Gasteiger partial charge in [0.2, 0.25) is 0 Å². The van der Waals surface area contributed by atoms with E-state index in [2.05, 4.69) is 51.9 Å². The van der Waals surface area contributed by atoms with Crippen LogP contribution >= 0.6 is 11.3 Å². The van der Waals surface area contributed by atoms with E-state index in [0.29, 0.717) is 0 Å². The highest BCUT2D eigenvalue weighted by molar-refractivity contribution is 7.09. The van der Waals surface area contributed by atoms with Gasteiger partial charge in [-0.05, 0) is 20.0 Å². The minimum absolute atomic E-state index is 0.825. The summed E-state index contributed by atoms with van der Waals surface area (Å²) in [4.78, 5) is 8.11. The fourth-order valence-electron chi connectivity index (χ4n) is 2.26. The number of H-pyrrole nitrogens is 1. The summed E-state index contributed by atoms with van der Waals surface area (Å²) >= 11 is 1.70. The van der Waals surface area contributed by atoms with Crippen LogP contribution in [0.4, 0.5) is 0 Å². The molecule has 2 N–H and O–H groups in total. The van der Waals surface area contributed by atoms with Gasteiger partial charge >= 0.3 is 0 Å². The Kier molecular flexibility index (Phi) is 2.89. The van der Waals surface area contributed by atoms with Crippen LogP contribution < -0.4 is 5.32 Å². The number of fused-ring (bicyclic) bond motifs is 1. The molecule has 4 heteroatoms. The summed E-state index contributed by atoms with van der Waals surface area (Å²) in [5.41, 5.74) is 4.65. The van der Waals surface area contributed by atoms with Crippen LogP contribution in [0.5, 0.6) is 0 Å². The Morgan fingerprint density at radius 1 is 1.33 bits per heavy atom. The fraction of sp³-hybridized carbons (Fsp3) is 0.214. The number of nitrogens with zero attached hydrogens (tertiary/aromatic N) is 1. The standard InChI is InChI=1S/C14H15N3S/c1-9-14(10-5-3-4-6-11(10)16-9)12-8-18-13(17-12)7-15-2/h3-6,8,15-16H,7H2,1-2H3. The third kappa shape index (κ3) is 1.83. The van der Waals surface area contributed by atoms with Gasteiger partial charge in [0.25, 0.3) is 0 Å². The third-order valence-corrected chi connectivity index (χ3v) is 3.88. The monoisotopic (exact) mass is 257 g/mol. The summed E-state index contributed by atoms with van der Waals surface area (Å²) in [5, 5.41) is 7.64. The molecule has 2 aromatic heterocycles. The number of thiazole rings is 1. The molecule has 0 spiro atoms. The van der Waals surface area contributed by atoms with E-state index in [-0.39, 0.29) is 0 Å². The minimum Gasteiger partial charge on any atom is -0.358 e. The minimum atomic E-state index is 0.825. The molecule has 0 saturated carbocycles. The van der Waals surface area contributed by atoms with Gasteiger partial charge in [-0.3, -0.25) is 0 Å². The summed E-state index contributed by atoms with van der Waals surface area (Å²) in [6.45, 7) is 2.93. The van der Waals surface area contributed by atoms with Crippen molar-refractivity contribution < 1.29 is 0 Å². The van der Waals surface area contributed by atoms with E-state index in [1.165, 1.54) is 22.2 Å². The van der Waals surface area contributed by atoms with Crippen LogP contribution in [-0.2, 0) is 6.54 Å². The second-order valence-electron chi connectivity index (χ2n) is 4.33. The van der Waals surface area contributed by atoms with Gasteiger partial charge in [0.1, 0.15) is 5.01 Å². The first-order chi connectivity index (χ1) is 8.79. The van der Waals surface area contributed by atoms with Crippen molar-refractivity contribution in [3.8, 4) is 11.3 Å². The number of para-hydroxylation sites is 1. The lowest BCUT2D eigenvalue weighted by atomic mass is 10.1. The summed E-state index contributed by atoms with van der Waals surface area (Å²) < 4.78 is 0. The highest BCUT2D eigenvalue weighted by atomic mass is 32.1. The zero-order valence-corrected chi connectivity index (χ0v) is 11.3. The van der Waals surface area contributed by atoms with Crippen LogP contribution in [0.2, 0.25) is 0 Å². The van der Waals surface area contributed by atoms with E-state index in [1.807, 2.05) is 7.05 Å². The maximum Gasteiger partial charge on any atom is 0.107 e. The topological polar surface area (TPSA) is 40.7 Å². The first-order valence-corrected chi connectivity index (χ1v) is 6.84. The molecule has 0 aliphatic rings. The smallest absolute Gasteiger partial charge is 0.107 e. The summed E-state index contributed by atoms with van der Waals surface area (Å²) in [6, 6.07) is 8.37. The molecule has 0 fully saturated rings. The number of hydrogen-bond acceptors (Lipinski definition) is 3. The van der Waals surface area contributed by atoms with Gasteiger partial charge in [-0.25, -0.2) is 4.98 Å². The maximum absolute atomic E-state index is 4.69. The first kappa shape index (κ1) is 11.4. The average Bonchev–Trinajstić information content (AvgIpc) is 2.92. The molecule has 0 aliphatic heterocycles. The van der Waals surface area contributed by atoms with E-state index in [0.717, 1.165) is 17.2 Å². The average molecular weight is 257 g/mol. The zero-order valence-electron chi connectivity index (χ0n) is 10.4. The Balaban J connectivity index is 2.15. The van der Waals surface area contributed by atoms with Gasteiger partial charge in [-0.15, -0.1) is 11.3 Å². The van der Waals surface area contributed by atoms with Crippen molar-refractivity contribution in [1.82, 2.24) is 15.3 Å². The van der Waals surface area contributed by atoms with Crippen LogP contribution in [0.25, 0.3) is 22.2 Å². The van der Waals surface area contributed by atoms with Crippen molar-refractivity contribution in [2.75, 3.05) is 7.05 Å². The quantitative estimate of drug-likeness (QED) is 0.755. The lowest BCUT2D eigenvalue weighted by Gasteiger charge is -1.96. The highest BCUT2D eigenvalue weighted by Crippen LogP contribution is 2.32. The third-order valence-electron chi connectivity index (χ3n) is 3.03. The molecule has 92 valence electrons. The molecule has 2 heterocycles. The van der Waals surface area contributed by atoms with E-state index in [4.69, 9.17) is 0 Å². The van der Waals surface area contributed by atoms with Crippen molar-refractivity contribution in [2.24, 2.45) is 0 Å². The van der Waals surface area contributed by atoms with Crippen LogP contribution in [0, 0.1) is 6.92 Å². The van der Waals surface area contributed by atoms with E-state index >= 15 is 0 Å². The molecule has 1 aromatic carbocycles. The molecule has 0 amide bonds. The SMILES string of the molecule is CNCc1nc(-c2c(C)[nH]c3ccccc23)cs1. The van der Waals surface area contributed by atoms with Crippen LogP contribution in [0.3, 0.4) is 0 Å². The van der Waals surface area contributed by atoms with Gasteiger partial charge in [-0.2, -0.15) is 0 Å². The van der Waals surface area contributed by atoms with Crippen molar-refractivity contribution >= 4 is 22.2 Å². The van der Waals surface area contributed by atoms with Crippen molar-refractivity contribution in [2.45, 2.75) is 13.5 Å². The highest BCUT2D eigenvalue weighted by Gasteiger charge is 2.12. The van der Waals surface area contributed by atoms with E-state index < -0.39 is 0 Å². The van der Waals surface area contributed by atoms with E-state index in [9.17, 15) is 0 Å². The van der Waals surface area contributed by atoms with Gasteiger partial charge in [-0.1, -0.05) is 18.2 Å². The predicted octanol–water partition coefficient (Wildman–Crippen LogP) is 3.32. The molecular formula is C14H15N3S. The lowest BCUT2D eigenvalue weighted by Crippen LogP contribution is -2.04. The number of aryl methyl sites for hydroxylation is 1. The molecule has 0 radical (unpaired) electrons.